The average Bonchev–Trinajstić information content (AvgIpc) is 2.69. The summed E-state index contributed by atoms with van der Waals surface area (Å²) in [4.78, 5) is 19.4. The zero-order valence-corrected chi connectivity index (χ0v) is 17.1. The smallest absolute Gasteiger partial charge is 0.247 e. The molecule has 28 heavy (non-hydrogen) atoms. The van der Waals surface area contributed by atoms with Gasteiger partial charge in [-0.1, -0.05) is 37.5 Å². The highest BCUT2D eigenvalue weighted by Crippen LogP contribution is 2.29. The number of carbonyl (C=O) groups is 1. The molecule has 5 heteroatoms. The SMILES string of the molecule is CN(c1ccc(C(C)(C)O)cc1)C(C(=O)NC1CCCCC1)c1cccnc1. The Bertz CT molecular complexity index is 763. The largest absolute Gasteiger partial charge is 0.386 e. The van der Waals surface area contributed by atoms with Crippen LogP contribution in [0.15, 0.2) is 48.8 Å². The van der Waals surface area contributed by atoms with Gasteiger partial charge in [0, 0.05) is 36.7 Å². The van der Waals surface area contributed by atoms with Crippen molar-refractivity contribution in [3.8, 4) is 0 Å². The normalized spacial score (nSPS) is 16.4. The lowest BCUT2D eigenvalue weighted by atomic mass is 9.94. The van der Waals surface area contributed by atoms with E-state index in [4.69, 9.17) is 0 Å². The molecule has 1 saturated carbocycles. The van der Waals surface area contributed by atoms with E-state index in [-0.39, 0.29) is 11.9 Å². The number of pyridine rings is 1. The first-order chi connectivity index (χ1) is 13.4. The Morgan fingerprint density at radius 2 is 1.86 bits per heavy atom. The van der Waals surface area contributed by atoms with E-state index < -0.39 is 11.6 Å². The summed E-state index contributed by atoms with van der Waals surface area (Å²) in [5, 5.41) is 13.4. The molecule has 2 N–H and O–H groups in total. The molecule has 0 saturated heterocycles. The van der Waals surface area contributed by atoms with Gasteiger partial charge in [-0.2, -0.15) is 0 Å². The maximum Gasteiger partial charge on any atom is 0.247 e. The summed E-state index contributed by atoms with van der Waals surface area (Å²) in [7, 11) is 1.93. The number of aromatic nitrogens is 1. The number of nitrogens with one attached hydrogen (secondary N) is 1. The third-order valence-corrected chi connectivity index (χ3v) is 5.57. The van der Waals surface area contributed by atoms with E-state index in [1.165, 1.54) is 19.3 Å². The summed E-state index contributed by atoms with van der Waals surface area (Å²) in [6.07, 6.45) is 9.19. The number of hydrogen-bond donors (Lipinski definition) is 2. The van der Waals surface area contributed by atoms with Crippen LogP contribution in [0, 0.1) is 0 Å². The van der Waals surface area contributed by atoms with Crippen molar-refractivity contribution in [2.24, 2.45) is 0 Å². The summed E-state index contributed by atoms with van der Waals surface area (Å²) in [6, 6.07) is 11.3. The first-order valence-corrected chi connectivity index (χ1v) is 10.1. The molecule has 3 rings (SSSR count). The molecule has 1 aliphatic rings. The van der Waals surface area contributed by atoms with Crippen molar-refractivity contribution in [1.82, 2.24) is 10.3 Å². The molecule has 0 bridgehead atoms. The van der Waals surface area contributed by atoms with Crippen molar-refractivity contribution in [1.29, 1.82) is 0 Å². The van der Waals surface area contributed by atoms with Crippen LogP contribution >= 0.6 is 0 Å². The number of carbonyl (C=O) groups excluding carboxylic acids is 1. The average molecular weight is 382 g/mol. The fourth-order valence-corrected chi connectivity index (χ4v) is 3.87. The van der Waals surface area contributed by atoms with E-state index in [9.17, 15) is 9.90 Å². The van der Waals surface area contributed by atoms with Crippen molar-refractivity contribution in [3.63, 3.8) is 0 Å². The summed E-state index contributed by atoms with van der Waals surface area (Å²) in [5.74, 6) is 0.00830. The van der Waals surface area contributed by atoms with Crippen LogP contribution in [-0.2, 0) is 10.4 Å². The summed E-state index contributed by atoms with van der Waals surface area (Å²) in [6.45, 7) is 3.53. The van der Waals surface area contributed by atoms with Gasteiger partial charge in [0.2, 0.25) is 5.91 Å². The van der Waals surface area contributed by atoms with Crippen LogP contribution in [0.4, 0.5) is 5.69 Å². The molecule has 1 atom stereocenters. The highest BCUT2D eigenvalue weighted by atomic mass is 16.3. The fourth-order valence-electron chi connectivity index (χ4n) is 3.87. The molecule has 1 unspecified atom stereocenters. The van der Waals surface area contributed by atoms with Gasteiger partial charge in [0.25, 0.3) is 0 Å². The van der Waals surface area contributed by atoms with E-state index in [2.05, 4.69) is 10.3 Å². The van der Waals surface area contributed by atoms with Gasteiger partial charge in [0.05, 0.1) is 5.60 Å². The second-order valence-corrected chi connectivity index (χ2v) is 8.25. The van der Waals surface area contributed by atoms with Crippen LogP contribution in [0.1, 0.15) is 63.1 Å². The van der Waals surface area contributed by atoms with Gasteiger partial charge < -0.3 is 15.3 Å². The van der Waals surface area contributed by atoms with E-state index in [0.717, 1.165) is 29.7 Å². The molecule has 150 valence electrons. The van der Waals surface area contributed by atoms with Crippen LogP contribution < -0.4 is 10.2 Å². The molecule has 1 aromatic carbocycles. The van der Waals surface area contributed by atoms with Crippen LogP contribution in [0.5, 0.6) is 0 Å². The Morgan fingerprint density at radius 1 is 1.18 bits per heavy atom. The number of amides is 1. The zero-order valence-electron chi connectivity index (χ0n) is 17.1. The molecule has 0 radical (unpaired) electrons. The fraction of sp³-hybridized carbons (Fsp3) is 0.478. The molecule has 0 spiro atoms. The third kappa shape index (κ3) is 4.90. The Labute approximate surface area is 167 Å². The lowest BCUT2D eigenvalue weighted by Gasteiger charge is -2.32. The Hall–Kier alpha value is -2.40. The monoisotopic (exact) mass is 381 g/mol. The zero-order chi connectivity index (χ0) is 20.1. The van der Waals surface area contributed by atoms with Gasteiger partial charge >= 0.3 is 0 Å². The second-order valence-electron chi connectivity index (χ2n) is 8.25. The maximum absolute atomic E-state index is 13.2. The highest BCUT2D eigenvalue weighted by molar-refractivity contribution is 5.86. The van der Waals surface area contributed by atoms with Gasteiger partial charge in [-0.3, -0.25) is 9.78 Å². The van der Waals surface area contributed by atoms with Crippen molar-refractivity contribution in [3.05, 3.63) is 59.9 Å². The maximum atomic E-state index is 13.2. The quantitative estimate of drug-likeness (QED) is 0.796. The van der Waals surface area contributed by atoms with Gasteiger partial charge in [0.1, 0.15) is 6.04 Å². The lowest BCUT2D eigenvalue weighted by Crippen LogP contribution is -2.44. The molecule has 1 aliphatic carbocycles. The number of nitrogens with zero attached hydrogens (tertiary/aromatic N) is 2. The number of aliphatic hydroxyl groups is 1. The van der Waals surface area contributed by atoms with E-state index >= 15 is 0 Å². The molecule has 1 aromatic heterocycles. The number of rotatable bonds is 6. The highest BCUT2D eigenvalue weighted by Gasteiger charge is 2.28. The third-order valence-electron chi connectivity index (χ3n) is 5.57. The number of anilines is 1. The summed E-state index contributed by atoms with van der Waals surface area (Å²) >= 11 is 0. The van der Waals surface area contributed by atoms with Crippen molar-refractivity contribution in [2.75, 3.05) is 11.9 Å². The van der Waals surface area contributed by atoms with Crippen LogP contribution in [0.25, 0.3) is 0 Å². The Morgan fingerprint density at radius 3 is 2.43 bits per heavy atom. The minimum Gasteiger partial charge on any atom is -0.386 e. The van der Waals surface area contributed by atoms with E-state index in [1.807, 2.05) is 48.3 Å². The summed E-state index contributed by atoms with van der Waals surface area (Å²) < 4.78 is 0. The predicted molar refractivity (Wildman–Crippen MR) is 112 cm³/mol. The van der Waals surface area contributed by atoms with Crippen LogP contribution in [-0.4, -0.2) is 29.1 Å². The van der Waals surface area contributed by atoms with Gasteiger partial charge in [0.15, 0.2) is 0 Å². The molecule has 5 nitrogen and oxygen atoms in total. The minimum absolute atomic E-state index is 0.00830. The Kier molecular flexibility index (Phi) is 6.35. The van der Waals surface area contributed by atoms with E-state index in [0.29, 0.717) is 0 Å². The van der Waals surface area contributed by atoms with Crippen molar-refractivity contribution < 1.29 is 9.90 Å². The second kappa shape index (κ2) is 8.74. The molecule has 1 amide bonds. The molecule has 1 fully saturated rings. The summed E-state index contributed by atoms with van der Waals surface area (Å²) in [5.41, 5.74) is 1.73. The standard InChI is InChI=1S/C23H31N3O2/c1-23(2,28)18-11-13-20(14-12-18)26(3)21(17-8-7-15-24-16-17)22(27)25-19-9-5-4-6-10-19/h7-8,11-16,19,21,28H,4-6,9-10H2,1-3H3,(H,25,27). The van der Waals surface area contributed by atoms with Crippen LogP contribution in [0.2, 0.25) is 0 Å². The first kappa shape index (κ1) is 20.3. The van der Waals surface area contributed by atoms with Crippen molar-refractivity contribution in [2.45, 2.75) is 63.6 Å². The van der Waals surface area contributed by atoms with Crippen molar-refractivity contribution >= 4 is 11.6 Å². The lowest BCUT2D eigenvalue weighted by molar-refractivity contribution is -0.123. The van der Waals surface area contributed by atoms with Gasteiger partial charge in [-0.15, -0.1) is 0 Å². The number of hydrogen-bond acceptors (Lipinski definition) is 4. The number of benzene rings is 1. The predicted octanol–water partition coefficient (Wildman–Crippen LogP) is 3.94. The molecule has 1 heterocycles. The molecule has 0 aliphatic heterocycles. The minimum atomic E-state index is -0.891. The molecular weight excluding hydrogens is 350 g/mol. The van der Waals surface area contributed by atoms with Gasteiger partial charge in [-0.25, -0.2) is 0 Å². The number of likely N-dealkylation sites (N-methyl/N-ethyl adjacent to an activating group) is 1. The molecule has 2 aromatic rings. The van der Waals surface area contributed by atoms with E-state index in [1.54, 1.807) is 26.2 Å². The van der Waals surface area contributed by atoms with Crippen LogP contribution in [0.3, 0.4) is 0 Å². The Balaban J connectivity index is 1.84. The van der Waals surface area contributed by atoms with Gasteiger partial charge in [-0.05, 0) is 50.5 Å². The molecular formula is C23H31N3O2. The first-order valence-electron chi connectivity index (χ1n) is 10.1. The topological polar surface area (TPSA) is 65.5 Å².